The van der Waals surface area contributed by atoms with Crippen molar-refractivity contribution in [2.45, 2.75) is 57.2 Å². The van der Waals surface area contributed by atoms with E-state index in [-0.39, 0.29) is 11.5 Å². The zero-order chi connectivity index (χ0) is 22.9. The summed E-state index contributed by atoms with van der Waals surface area (Å²) >= 11 is 0. The van der Waals surface area contributed by atoms with Gasteiger partial charge < -0.3 is 19.5 Å². The van der Waals surface area contributed by atoms with Crippen LogP contribution in [-0.4, -0.2) is 47.0 Å². The van der Waals surface area contributed by atoms with Gasteiger partial charge in [-0.05, 0) is 57.4 Å². The highest BCUT2D eigenvalue weighted by atomic mass is 16.6. The van der Waals surface area contributed by atoms with Gasteiger partial charge in [0.1, 0.15) is 17.5 Å². The van der Waals surface area contributed by atoms with Crippen LogP contribution in [-0.2, 0) is 16.6 Å². The molecule has 4 rings (SSSR count). The Morgan fingerprint density at radius 3 is 2.47 bits per heavy atom. The average Bonchev–Trinajstić information content (AvgIpc) is 3.00. The summed E-state index contributed by atoms with van der Waals surface area (Å²) in [6, 6.07) is 15.8. The molecule has 1 atom stereocenters. The molecule has 2 amide bonds. The van der Waals surface area contributed by atoms with E-state index >= 15 is 0 Å². The normalized spacial score (nSPS) is 19.2. The first-order valence-corrected chi connectivity index (χ1v) is 11.0. The van der Waals surface area contributed by atoms with Crippen molar-refractivity contribution in [1.29, 1.82) is 0 Å². The number of piperidine rings is 1. The Hall–Kier alpha value is -3.22. The van der Waals surface area contributed by atoms with Crippen LogP contribution in [0.4, 0.5) is 15.3 Å². The first-order chi connectivity index (χ1) is 15.2. The summed E-state index contributed by atoms with van der Waals surface area (Å²) in [5.74, 6) is 0.796. The maximum absolute atomic E-state index is 12.3. The predicted octanol–water partition coefficient (Wildman–Crippen LogP) is 5.05. The highest BCUT2D eigenvalue weighted by molar-refractivity contribution is 5.85. The molecule has 0 aromatic heterocycles. The first kappa shape index (κ1) is 22.0. The van der Waals surface area contributed by atoms with Gasteiger partial charge in [0.2, 0.25) is 0 Å². The summed E-state index contributed by atoms with van der Waals surface area (Å²) in [6.45, 7) is 6.37. The van der Waals surface area contributed by atoms with E-state index in [4.69, 9.17) is 9.47 Å². The topological polar surface area (TPSA) is 88.1 Å². The van der Waals surface area contributed by atoms with Crippen LogP contribution in [0.15, 0.2) is 48.5 Å². The van der Waals surface area contributed by atoms with Crippen molar-refractivity contribution in [2.24, 2.45) is 0 Å². The van der Waals surface area contributed by atoms with Crippen LogP contribution in [0.1, 0.15) is 44.7 Å². The molecule has 2 aromatic rings. The smallest absolute Gasteiger partial charge is 0.412 e. The van der Waals surface area contributed by atoms with Crippen LogP contribution in [0, 0.1) is 0 Å². The number of amides is 2. The molecule has 2 aromatic carbocycles. The van der Waals surface area contributed by atoms with E-state index in [1.54, 1.807) is 0 Å². The fraction of sp³-hybridized carbons (Fsp3) is 0.440. The molecular weight excluding hydrogens is 408 g/mol. The van der Waals surface area contributed by atoms with Crippen LogP contribution in [0.3, 0.4) is 0 Å². The van der Waals surface area contributed by atoms with E-state index < -0.39 is 17.8 Å². The number of carbonyl (C=O) groups excluding carboxylic acids is 1. The fourth-order valence-corrected chi connectivity index (χ4v) is 4.71. The molecule has 0 saturated carbocycles. The molecule has 7 heteroatoms. The van der Waals surface area contributed by atoms with Crippen molar-refractivity contribution in [3.05, 3.63) is 59.7 Å². The summed E-state index contributed by atoms with van der Waals surface area (Å²) in [4.78, 5) is 25.2. The summed E-state index contributed by atoms with van der Waals surface area (Å²) in [7, 11) is 0. The van der Waals surface area contributed by atoms with Crippen molar-refractivity contribution in [2.75, 3.05) is 18.4 Å². The van der Waals surface area contributed by atoms with Gasteiger partial charge in [0, 0.05) is 36.2 Å². The van der Waals surface area contributed by atoms with E-state index in [2.05, 4.69) is 17.4 Å². The largest absolute Gasteiger partial charge is 0.489 e. The molecule has 1 fully saturated rings. The molecule has 1 unspecified atom stereocenters. The molecular formula is C25H30N2O5. The number of fused-ring (bicyclic) bond motifs is 2. The molecule has 7 nitrogen and oxygen atoms in total. The molecule has 2 aliphatic rings. The van der Waals surface area contributed by atoms with E-state index in [0.29, 0.717) is 31.6 Å². The molecule has 32 heavy (non-hydrogen) atoms. The van der Waals surface area contributed by atoms with Gasteiger partial charge >= 0.3 is 12.2 Å². The second-order valence-corrected chi connectivity index (χ2v) is 9.56. The average molecular weight is 439 g/mol. The van der Waals surface area contributed by atoms with Crippen LogP contribution < -0.4 is 10.1 Å². The second kappa shape index (κ2) is 8.37. The summed E-state index contributed by atoms with van der Waals surface area (Å²) in [6.07, 6.45) is 0.565. The summed E-state index contributed by atoms with van der Waals surface area (Å²) in [5.41, 5.74) is 1.94. The minimum atomic E-state index is -0.890. The Morgan fingerprint density at radius 1 is 1.16 bits per heavy atom. The molecule has 2 N–H and O–H groups in total. The number of nitrogens with one attached hydrogen (secondary N) is 1. The molecule has 2 heterocycles. The lowest BCUT2D eigenvalue weighted by Crippen LogP contribution is -2.50. The van der Waals surface area contributed by atoms with E-state index in [1.807, 2.05) is 57.2 Å². The molecule has 0 bridgehead atoms. The van der Waals surface area contributed by atoms with Gasteiger partial charge in [-0.2, -0.15) is 0 Å². The number of carbonyl (C=O) groups is 2. The van der Waals surface area contributed by atoms with Gasteiger partial charge in [0.15, 0.2) is 0 Å². The lowest BCUT2D eigenvalue weighted by atomic mass is 9.68. The molecule has 2 aliphatic heterocycles. The molecule has 0 radical (unpaired) electrons. The van der Waals surface area contributed by atoms with Gasteiger partial charge in [-0.3, -0.25) is 5.32 Å². The number of likely N-dealkylation sites (tertiary alicyclic amines) is 1. The van der Waals surface area contributed by atoms with E-state index in [1.165, 1.54) is 10.5 Å². The number of hydrogen-bond donors (Lipinski definition) is 2. The van der Waals surface area contributed by atoms with E-state index in [9.17, 15) is 14.7 Å². The van der Waals surface area contributed by atoms with Crippen molar-refractivity contribution >= 4 is 17.9 Å². The molecule has 170 valence electrons. The highest BCUT2D eigenvalue weighted by Crippen LogP contribution is 2.51. The Kier molecular flexibility index (Phi) is 5.75. The van der Waals surface area contributed by atoms with Crippen LogP contribution in [0.5, 0.6) is 5.75 Å². The van der Waals surface area contributed by atoms with Crippen LogP contribution in [0.2, 0.25) is 0 Å². The number of carboxylic acid groups (broad SMARTS) is 1. The minimum absolute atomic E-state index is 0.104. The maximum Gasteiger partial charge on any atom is 0.412 e. The number of anilines is 1. The zero-order valence-electron chi connectivity index (χ0n) is 18.8. The van der Waals surface area contributed by atoms with Gasteiger partial charge in [-0.15, -0.1) is 0 Å². The number of benzene rings is 2. The summed E-state index contributed by atoms with van der Waals surface area (Å²) < 4.78 is 11.8. The Labute approximate surface area is 188 Å². The Balaban J connectivity index is 1.63. The third-order valence-electron chi connectivity index (χ3n) is 6.24. The third kappa shape index (κ3) is 4.52. The SMILES string of the molecule is CC(C)(C)OC(=O)Nc1ccc2c(c1)C1(CCN(C(=O)O)CC1)C(Cc1ccccc1)O2. The van der Waals surface area contributed by atoms with Crippen molar-refractivity contribution < 1.29 is 24.2 Å². The van der Waals surface area contributed by atoms with Gasteiger partial charge in [-0.1, -0.05) is 30.3 Å². The molecule has 1 spiro atoms. The Bertz CT molecular complexity index is 991. The number of hydrogen-bond acceptors (Lipinski definition) is 4. The van der Waals surface area contributed by atoms with Gasteiger partial charge in [0.05, 0.1) is 0 Å². The van der Waals surface area contributed by atoms with Crippen molar-refractivity contribution in [3.8, 4) is 5.75 Å². The minimum Gasteiger partial charge on any atom is -0.489 e. The van der Waals surface area contributed by atoms with Crippen molar-refractivity contribution in [1.82, 2.24) is 4.90 Å². The highest BCUT2D eigenvalue weighted by Gasteiger charge is 2.50. The quantitative estimate of drug-likeness (QED) is 0.700. The van der Waals surface area contributed by atoms with Crippen LogP contribution >= 0.6 is 0 Å². The number of nitrogens with zero attached hydrogens (tertiary/aromatic N) is 1. The molecule has 1 saturated heterocycles. The lowest BCUT2D eigenvalue weighted by Gasteiger charge is -2.41. The van der Waals surface area contributed by atoms with Gasteiger partial charge in [0.25, 0.3) is 0 Å². The zero-order valence-corrected chi connectivity index (χ0v) is 18.8. The third-order valence-corrected chi connectivity index (χ3v) is 6.24. The first-order valence-electron chi connectivity index (χ1n) is 11.0. The fourth-order valence-electron chi connectivity index (χ4n) is 4.71. The Morgan fingerprint density at radius 2 is 1.84 bits per heavy atom. The predicted molar refractivity (Wildman–Crippen MR) is 121 cm³/mol. The molecule has 0 aliphatic carbocycles. The van der Waals surface area contributed by atoms with Crippen molar-refractivity contribution in [3.63, 3.8) is 0 Å². The maximum atomic E-state index is 12.3. The number of rotatable bonds is 3. The van der Waals surface area contributed by atoms with E-state index in [0.717, 1.165) is 17.7 Å². The second-order valence-electron chi connectivity index (χ2n) is 9.56. The summed E-state index contributed by atoms with van der Waals surface area (Å²) in [5, 5.41) is 12.3. The van der Waals surface area contributed by atoms with Crippen LogP contribution in [0.25, 0.3) is 0 Å². The van der Waals surface area contributed by atoms with Gasteiger partial charge in [-0.25, -0.2) is 9.59 Å². The lowest BCUT2D eigenvalue weighted by molar-refractivity contribution is 0.0635. The standard InChI is InChI=1S/C25H30N2O5/c1-24(2,3)32-22(28)26-18-9-10-20-19(16-18)25(11-13-27(14-12-25)23(29)30)21(31-20)15-17-7-5-4-6-8-17/h4-10,16,21H,11-15H2,1-3H3,(H,26,28)(H,29,30). The number of ether oxygens (including phenoxy) is 2. The monoisotopic (exact) mass is 438 g/mol.